The zero-order valence-corrected chi connectivity index (χ0v) is 17.9. The average Bonchev–Trinajstić information content (AvgIpc) is 2.70. The SMILES string of the molecule is CCC(C)C(NC(=O)C(N)CCC(=O)O)C(=O)NC(C(=O)NCC(=O)O)C(C)CC. The van der Waals surface area contributed by atoms with Gasteiger partial charge >= 0.3 is 11.9 Å². The molecule has 0 bridgehead atoms. The second-order valence-electron chi connectivity index (χ2n) is 7.39. The van der Waals surface area contributed by atoms with Gasteiger partial charge in [0.05, 0.1) is 6.04 Å². The normalized spacial score (nSPS) is 15.8. The number of carbonyl (C=O) groups excluding carboxylic acids is 3. The number of carboxylic acids is 2. The van der Waals surface area contributed by atoms with Gasteiger partial charge in [0, 0.05) is 6.42 Å². The van der Waals surface area contributed by atoms with Crippen molar-refractivity contribution in [2.24, 2.45) is 17.6 Å². The predicted octanol–water partition coefficient (Wildman–Crippen LogP) is -0.559. The molecule has 0 aliphatic heterocycles. The van der Waals surface area contributed by atoms with Crippen LogP contribution in [0.4, 0.5) is 0 Å². The van der Waals surface area contributed by atoms with Crippen LogP contribution in [0.25, 0.3) is 0 Å². The lowest BCUT2D eigenvalue weighted by molar-refractivity contribution is -0.139. The van der Waals surface area contributed by atoms with Gasteiger partial charge in [0.15, 0.2) is 0 Å². The Bertz CT molecular complexity index is 626. The molecule has 7 N–H and O–H groups in total. The Morgan fingerprint density at radius 1 is 0.800 bits per heavy atom. The van der Waals surface area contributed by atoms with E-state index in [0.29, 0.717) is 12.8 Å². The summed E-state index contributed by atoms with van der Waals surface area (Å²) in [6.45, 7) is 6.56. The van der Waals surface area contributed by atoms with E-state index in [2.05, 4.69) is 16.0 Å². The lowest BCUT2D eigenvalue weighted by Crippen LogP contribution is -2.59. The molecule has 3 amide bonds. The summed E-state index contributed by atoms with van der Waals surface area (Å²) in [6, 6.07) is -3.06. The zero-order chi connectivity index (χ0) is 23.4. The third kappa shape index (κ3) is 9.68. The van der Waals surface area contributed by atoms with Crippen molar-refractivity contribution in [1.29, 1.82) is 0 Å². The van der Waals surface area contributed by atoms with Gasteiger partial charge in [0.25, 0.3) is 0 Å². The maximum absolute atomic E-state index is 12.9. The van der Waals surface area contributed by atoms with Crippen molar-refractivity contribution in [3.05, 3.63) is 0 Å². The first-order chi connectivity index (χ1) is 13.9. The summed E-state index contributed by atoms with van der Waals surface area (Å²) in [7, 11) is 0. The van der Waals surface area contributed by atoms with E-state index in [-0.39, 0.29) is 24.7 Å². The quantitative estimate of drug-likeness (QED) is 0.211. The fourth-order valence-corrected chi connectivity index (χ4v) is 2.59. The van der Waals surface area contributed by atoms with Crippen molar-refractivity contribution >= 4 is 29.7 Å². The molecule has 172 valence electrons. The third-order valence-corrected chi connectivity index (χ3v) is 5.01. The van der Waals surface area contributed by atoms with Crippen LogP contribution in [0.15, 0.2) is 0 Å². The molecule has 5 unspecified atom stereocenters. The van der Waals surface area contributed by atoms with Crippen molar-refractivity contribution in [2.75, 3.05) is 6.54 Å². The Kier molecular flexibility index (Phi) is 12.3. The molecule has 30 heavy (non-hydrogen) atoms. The van der Waals surface area contributed by atoms with E-state index < -0.39 is 54.3 Å². The van der Waals surface area contributed by atoms with Crippen molar-refractivity contribution < 1.29 is 34.2 Å². The number of aliphatic carboxylic acids is 2. The van der Waals surface area contributed by atoms with Gasteiger partial charge in [-0.15, -0.1) is 0 Å². The van der Waals surface area contributed by atoms with E-state index in [0.717, 1.165) is 0 Å². The van der Waals surface area contributed by atoms with E-state index in [1.807, 2.05) is 13.8 Å². The van der Waals surface area contributed by atoms with Crippen LogP contribution >= 0.6 is 0 Å². The molecule has 0 aliphatic rings. The lowest BCUT2D eigenvalue weighted by Gasteiger charge is -2.29. The average molecular weight is 431 g/mol. The number of carbonyl (C=O) groups is 5. The number of hydrogen-bond donors (Lipinski definition) is 6. The molecule has 5 atom stereocenters. The molecule has 0 spiro atoms. The lowest BCUT2D eigenvalue weighted by atomic mass is 9.94. The maximum atomic E-state index is 12.9. The van der Waals surface area contributed by atoms with Crippen LogP contribution in [0.3, 0.4) is 0 Å². The van der Waals surface area contributed by atoms with Crippen LogP contribution in [0.1, 0.15) is 53.4 Å². The highest BCUT2D eigenvalue weighted by Gasteiger charge is 2.33. The van der Waals surface area contributed by atoms with Crippen molar-refractivity contribution in [3.8, 4) is 0 Å². The number of amides is 3. The molecule has 0 aromatic heterocycles. The van der Waals surface area contributed by atoms with Gasteiger partial charge in [-0.2, -0.15) is 0 Å². The van der Waals surface area contributed by atoms with E-state index in [4.69, 9.17) is 15.9 Å². The minimum absolute atomic E-state index is 0.0803. The summed E-state index contributed by atoms with van der Waals surface area (Å²) < 4.78 is 0. The van der Waals surface area contributed by atoms with Gasteiger partial charge in [0.1, 0.15) is 18.6 Å². The Morgan fingerprint density at radius 2 is 1.27 bits per heavy atom. The van der Waals surface area contributed by atoms with E-state index >= 15 is 0 Å². The highest BCUT2D eigenvalue weighted by atomic mass is 16.4. The molecule has 0 aromatic rings. The number of carboxylic acid groups (broad SMARTS) is 2. The smallest absolute Gasteiger partial charge is 0.322 e. The van der Waals surface area contributed by atoms with Crippen molar-refractivity contribution in [2.45, 2.75) is 71.5 Å². The maximum Gasteiger partial charge on any atom is 0.322 e. The first-order valence-electron chi connectivity index (χ1n) is 10.0. The molecule has 11 nitrogen and oxygen atoms in total. The standard InChI is InChI=1S/C19H34N4O7/c1-5-10(3)15(18(29)21-9-14(26)27)23-19(30)16(11(4)6-2)22-17(28)12(20)7-8-13(24)25/h10-12,15-16H,5-9,20H2,1-4H3,(H,21,29)(H,22,28)(H,23,30)(H,24,25)(H,26,27). The molecule has 0 aliphatic carbocycles. The van der Waals surface area contributed by atoms with Gasteiger partial charge in [-0.1, -0.05) is 40.5 Å². The molecule has 0 aromatic carbocycles. The molecule has 0 saturated carbocycles. The number of nitrogens with one attached hydrogen (secondary N) is 3. The summed E-state index contributed by atoms with van der Waals surface area (Å²) in [5.41, 5.74) is 5.72. The summed E-state index contributed by atoms with van der Waals surface area (Å²) in [5, 5.41) is 24.9. The zero-order valence-electron chi connectivity index (χ0n) is 17.9. The monoisotopic (exact) mass is 430 g/mol. The summed E-state index contributed by atoms with van der Waals surface area (Å²) >= 11 is 0. The first-order valence-corrected chi connectivity index (χ1v) is 10.0. The van der Waals surface area contributed by atoms with Gasteiger partial charge in [-0.05, 0) is 18.3 Å². The van der Waals surface area contributed by atoms with Crippen LogP contribution in [0, 0.1) is 11.8 Å². The molecule has 11 heteroatoms. The number of hydrogen-bond acceptors (Lipinski definition) is 6. The Hall–Kier alpha value is -2.69. The molecule has 0 saturated heterocycles. The molecular weight excluding hydrogens is 396 g/mol. The minimum atomic E-state index is -1.21. The Labute approximate surface area is 176 Å². The van der Waals surface area contributed by atoms with Crippen LogP contribution in [0.2, 0.25) is 0 Å². The molecular formula is C19H34N4O7. The van der Waals surface area contributed by atoms with Crippen molar-refractivity contribution in [1.82, 2.24) is 16.0 Å². The van der Waals surface area contributed by atoms with Gasteiger partial charge in [0.2, 0.25) is 17.7 Å². The second-order valence-corrected chi connectivity index (χ2v) is 7.39. The van der Waals surface area contributed by atoms with E-state index in [9.17, 15) is 24.0 Å². The molecule has 0 heterocycles. The third-order valence-electron chi connectivity index (χ3n) is 5.01. The summed E-state index contributed by atoms with van der Waals surface area (Å²) in [6.07, 6.45) is 0.728. The number of rotatable bonds is 14. The topological polar surface area (TPSA) is 188 Å². The second kappa shape index (κ2) is 13.5. The largest absolute Gasteiger partial charge is 0.481 e. The molecule has 0 fully saturated rings. The van der Waals surface area contributed by atoms with Crippen LogP contribution < -0.4 is 21.7 Å². The van der Waals surface area contributed by atoms with E-state index in [1.54, 1.807) is 13.8 Å². The molecule has 0 radical (unpaired) electrons. The van der Waals surface area contributed by atoms with Crippen molar-refractivity contribution in [3.63, 3.8) is 0 Å². The van der Waals surface area contributed by atoms with E-state index in [1.165, 1.54) is 0 Å². The van der Waals surface area contributed by atoms with Crippen LogP contribution in [-0.2, 0) is 24.0 Å². The highest BCUT2D eigenvalue weighted by molar-refractivity contribution is 5.94. The summed E-state index contributed by atoms with van der Waals surface area (Å²) in [4.78, 5) is 58.9. The predicted molar refractivity (Wildman–Crippen MR) is 108 cm³/mol. The Balaban J connectivity index is 5.33. The Morgan fingerprint density at radius 3 is 1.70 bits per heavy atom. The van der Waals surface area contributed by atoms with Gasteiger partial charge < -0.3 is 31.9 Å². The fourth-order valence-electron chi connectivity index (χ4n) is 2.59. The van der Waals surface area contributed by atoms with Gasteiger partial charge in [-0.3, -0.25) is 24.0 Å². The van der Waals surface area contributed by atoms with Crippen LogP contribution in [-0.4, -0.2) is 64.5 Å². The van der Waals surface area contributed by atoms with Gasteiger partial charge in [-0.25, -0.2) is 0 Å². The fraction of sp³-hybridized carbons (Fsp3) is 0.737. The van der Waals surface area contributed by atoms with Crippen LogP contribution in [0.5, 0.6) is 0 Å². The summed E-state index contributed by atoms with van der Waals surface area (Å²) in [5.74, 6) is -4.76. The molecule has 0 rings (SSSR count). The highest BCUT2D eigenvalue weighted by Crippen LogP contribution is 2.12. The number of nitrogens with two attached hydrogens (primary N) is 1. The first kappa shape index (κ1) is 27.3. The minimum Gasteiger partial charge on any atom is -0.481 e.